The van der Waals surface area contributed by atoms with E-state index in [1.165, 1.54) is 5.56 Å². The molecule has 1 aromatic heterocycles. The van der Waals surface area contributed by atoms with Crippen molar-refractivity contribution in [2.75, 3.05) is 39.9 Å². The maximum absolute atomic E-state index is 5.46. The van der Waals surface area contributed by atoms with Crippen LogP contribution in [0.5, 0.6) is 0 Å². The number of para-hydroxylation sites is 1. The molecule has 0 amide bonds. The van der Waals surface area contributed by atoms with Gasteiger partial charge in [-0.2, -0.15) is 0 Å². The van der Waals surface area contributed by atoms with Gasteiger partial charge in [-0.3, -0.25) is 14.9 Å². The maximum Gasteiger partial charge on any atom is 0.191 e. The molecule has 1 aliphatic rings. The number of nitrogens with zero attached hydrogens (tertiary/aromatic N) is 3. The molecular weight excluding hydrogens is 453 g/mol. The minimum absolute atomic E-state index is 0. The molecule has 3 rings (SSSR count). The van der Waals surface area contributed by atoms with E-state index in [1.54, 1.807) is 7.05 Å². The number of aromatic nitrogens is 1. The minimum atomic E-state index is 0. The summed E-state index contributed by atoms with van der Waals surface area (Å²) in [5.41, 5.74) is 2.24. The van der Waals surface area contributed by atoms with Crippen molar-refractivity contribution < 1.29 is 4.74 Å². The zero-order valence-electron chi connectivity index (χ0n) is 16.4. The molecule has 0 bridgehead atoms. The molecule has 1 aliphatic heterocycles. The SMILES string of the molecule is CN=C(NCc1cccc2cccnc12)NCC(C)(C)N1CCOCC1.I. The lowest BCUT2D eigenvalue weighted by molar-refractivity contribution is -0.00834. The number of pyridine rings is 1. The predicted octanol–water partition coefficient (Wildman–Crippen LogP) is 2.63. The Morgan fingerprint density at radius 2 is 1.93 bits per heavy atom. The third-order valence-electron chi connectivity index (χ3n) is 4.94. The summed E-state index contributed by atoms with van der Waals surface area (Å²) >= 11 is 0. The second-order valence-electron chi connectivity index (χ2n) is 7.18. The van der Waals surface area contributed by atoms with E-state index >= 15 is 0 Å². The van der Waals surface area contributed by atoms with Crippen LogP contribution in [0.1, 0.15) is 19.4 Å². The number of hydrogen-bond acceptors (Lipinski definition) is 4. The Morgan fingerprint density at radius 3 is 2.67 bits per heavy atom. The first-order valence-corrected chi connectivity index (χ1v) is 9.20. The van der Waals surface area contributed by atoms with Gasteiger partial charge in [-0.15, -0.1) is 24.0 Å². The molecule has 0 unspecified atom stereocenters. The topological polar surface area (TPSA) is 61.8 Å². The fraction of sp³-hybridized carbons (Fsp3) is 0.500. The Morgan fingerprint density at radius 1 is 1.19 bits per heavy atom. The molecule has 27 heavy (non-hydrogen) atoms. The monoisotopic (exact) mass is 483 g/mol. The molecular formula is C20H30IN5O. The minimum Gasteiger partial charge on any atom is -0.379 e. The third kappa shape index (κ3) is 5.76. The van der Waals surface area contributed by atoms with Crippen molar-refractivity contribution in [3.05, 3.63) is 42.1 Å². The second-order valence-corrected chi connectivity index (χ2v) is 7.18. The average Bonchev–Trinajstić information content (AvgIpc) is 2.69. The van der Waals surface area contributed by atoms with Crippen LogP contribution in [-0.2, 0) is 11.3 Å². The Hall–Kier alpha value is -1.45. The van der Waals surface area contributed by atoms with E-state index in [9.17, 15) is 0 Å². The average molecular weight is 483 g/mol. The van der Waals surface area contributed by atoms with Gasteiger partial charge < -0.3 is 15.4 Å². The Kier molecular flexibility index (Phi) is 8.25. The maximum atomic E-state index is 5.46. The van der Waals surface area contributed by atoms with Crippen molar-refractivity contribution in [2.45, 2.75) is 25.9 Å². The molecule has 0 aliphatic carbocycles. The molecule has 0 saturated carbocycles. The smallest absolute Gasteiger partial charge is 0.191 e. The van der Waals surface area contributed by atoms with Crippen molar-refractivity contribution >= 4 is 40.8 Å². The number of guanidine groups is 1. The highest BCUT2D eigenvalue weighted by molar-refractivity contribution is 14.0. The molecule has 2 aromatic rings. The van der Waals surface area contributed by atoms with Gasteiger partial charge in [-0.1, -0.05) is 24.3 Å². The lowest BCUT2D eigenvalue weighted by atomic mass is 10.0. The van der Waals surface area contributed by atoms with Crippen LogP contribution < -0.4 is 10.6 Å². The molecule has 2 heterocycles. The summed E-state index contributed by atoms with van der Waals surface area (Å²) in [5, 5.41) is 8.03. The van der Waals surface area contributed by atoms with Crippen molar-refractivity contribution in [1.82, 2.24) is 20.5 Å². The first-order valence-electron chi connectivity index (χ1n) is 9.20. The van der Waals surface area contributed by atoms with E-state index in [0.29, 0.717) is 6.54 Å². The molecule has 0 spiro atoms. The molecule has 0 radical (unpaired) electrons. The van der Waals surface area contributed by atoms with Crippen LogP contribution in [0, 0.1) is 0 Å². The zero-order valence-corrected chi connectivity index (χ0v) is 18.7. The highest BCUT2D eigenvalue weighted by Crippen LogP contribution is 2.16. The van der Waals surface area contributed by atoms with Crippen LogP contribution in [0.2, 0.25) is 0 Å². The van der Waals surface area contributed by atoms with Gasteiger partial charge >= 0.3 is 0 Å². The summed E-state index contributed by atoms with van der Waals surface area (Å²) in [6.07, 6.45) is 1.84. The van der Waals surface area contributed by atoms with E-state index in [4.69, 9.17) is 4.74 Å². The Labute approximate surface area is 178 Å². The molecule has 1 aromatic carbocycles. The third-order valence-corrected chi connectivity index (χ3v) is 4.94. The van der Waals surface area contributed by atoms with Gasteiger partial charge in [-0.25, -0.2) is 0 Å². The number of hydrogen-bond donors (Lipinski definition) is 2. The van der Waals surface area contributed by atoms with Gasteiger partial charge in [0.1, 0.15) is 0 Å². The fourth-order valence-electron chi connectivity index (χ4n) is 3.29. The number of morpholine rings is 1. The quantitative estimate of drug-likeness (QED) is 0.389. The molecule has 2 N–H and O–H groups in total. The standard InChI is InChI=1S/C20H29N5O.HI/c1-20(2,25-10-12-26-13-11-25)15-24-19(21-3)23-14-17-7-4-6-16-8-5-9-22-18(16)17;/h4-9H,10-15H2,1-3H3,(H2,21,23,24);1H. The highest BCUT2D eigenvalue weighted by Gasteiger charge is 2.28. The van der Waals surface area contributed by atoms with E-state index in [2.05, 4.69) is 63.6 Å². The van der Waals surface area contributed by atoms with Gasteiger partial charge in [0, 0.05) is 50.3 Å². The van der Waals surface area contributed by atoms with Gasteiger partial charge in [0.25, 0.3) is 0 Å². The molecule has 0 atom stereocenters. The van der Waals surface area contributed by atoms with Crippen LogP contribution in [0.4, 0.5) is 0 Å². The molecule has 1 saturated heterocycles. The van der Waals surface area contributed by atoms with E-state index in [0.717, 1.165) is 49.7 Å². The highest BCUT2D eigenvalue weighted by atomic mass is 127. The van der Waals surface area contributed by atoms with E-state index in [-0.39, 0.29) is 29.5 Å². The van der Waals surface area contributed by atoms with Crippen LogP contribution in [0.3, 0.4) is 0 Å². The van der Waals surface area contributed by atoms with Crippen LogP contribution in [0.15, 0.2) is 41.5 Å². The summed E-state index contributed by atoms with van der Waals surface area (Å²) in [4.78, 5) is 11.3. The lowest BCUT2D eigenvalue weighted by Gasteiger charge is -2.41. The molecule has 1 fully saturated rings. The fourth-order valence-corrected chi connectivity index (χ4v) is 3.29. The molecule has 6 nitrogen and oxygen atoms in total. The van der Waals surface area contributed by atoms with Gasteiger partial charge in [0.05, 0.1) is 18.7 Å². The van der Waals surface area contributed by atoms with Crippen molar-refractivity contribution in [2.24, 2.45) is 4.99 Å². The van der Waals surface area contributed by atoms with E-state index < -0.39 is 0 Å². The van der Waals surface area contributed by atoms with Gasteiger partial charge in [0.2, 0.25) is 0 Å². The predicted molar refractivity (Wildman–Crippen MR) is 122 cm³/mol. The molecule has 148 valence electrons. The first-order chi connectivity index (χ1) is 12.6. The van der Waals surface area contributed by atoms with Crippen molar-refractivity contribution in [1.29, 1.82) is 0 Å². The number of fused-ring (bicyclic) bond motifs is 1. The summed E-state index contributed by atoms with van der Waals surface area (Å²) in [6.45, 7) is 9.59. The van der Waals surface area contributed by atoms with Crippen molar-refractivity contribution in [3.63, 3.8) is 0 Å². The molecule has 7 heteroatoms. The number of aliphatic imine (C=N–C) groups is 1. The lowest BCUT2D eigenvalue weighted by Crippen LogP contribution is -2.56. The first kappa shape index (κ1) is 21.8. The van der Waals surface area contributed by atoms with Crippen molar-refractivity contribution in [3.8, 4) is 0 Å². The van der Waals surface area contributed by atoms with Gasteiger partial charge in [0.15, 0.2) is 5.96 Å². The number of rotatable bonds is 5. The van der Waals surface area contributed by atoms with E-state index in [1.807, 2.05) is 12.3 Å². The second kappa shape index (κ2) is 10.2. The number of nitrogens with one attached hydrogen (secondary N) is 2. The summed E-state index contributed by atoms with van der Waals surface area (Å²) in [5.74, 6) is 0.805. The van der Waals surface area contributed by atoms with Crippen LogP contribution in [0.25, 0.3) is 10.9 Å². The summed E-state index contributed by atoms with van der Waals surface area (Å²) in [7, 11) is 1.80. The van der Waals surface area contributed by atoms with Crippen LogP contribution in [-0.4, -0.2) is 61.3 Å². The zero-order chi connectivity index (χ0) is 18.4. The summed E-state index contributed by atoms with van der Waals surface area (Å²) < 4.78 is 5.46. The van der Waals surface area contributed by atoms with Crippen LogP contribution >= 0.6 is 24.0 Å². The number of halogens is 1. The number of benzene rings is 1. The normalized spacial score (nSPS) is 16.0. The largest absolute Gasteiger partial charge is 0.379 e. The Balaban J connectivity index is 0.00000261. The van der Waals surface area contributed by atoms with Gasteiger partial charge in [-0.05, 0) is 25.5 Å². The Bertz CT molecular complexity index is 754. The summed E-state index contributed by atoms with van der Waals surface area (Å²) in [6, 6.07) is 10.3. The number of ether oxygens (including phenoxy) is 1.